The van der Waals surface area contributed by atoms with E-state index in [0.717, 1.165) is 11.1 Å². The number of amides is 1. The summed E-state index contributed by atoms with van der Waals surface area (Å²) in [6, 6.07) is 3.57. The van der Waals surface area contributed by atoms with Crippen LogP contribution in [0.3, 0.4) is 0 Å². The fraction of sp³-hybridized carbons (Fsp3) is 0.562. The molecule has 122 valence electrons. The van der Waals surface area contributed by atoms with Gasteiger partial charge in [0.2, 0.25) is 0 Å². The van der Waals surface area contributed by atoms with Crippen molar-refractivity contribution in [1.29, 1.82) is 0 Å². The van der Waals surface area contributed by atoms with E-state index in [4.69, 9.17) is 22.1 Å². The van der Waals surface area contributed by atoms with Crippen LogP contribution in [-0.2, 0) is 12.0 Å². The SMILES string of the molecule is COc1ccc(Cl)c2c1[C@](CN)(C(C)(C)C)N(C(=O)O)CC2. The molecule has 0 unspecified atom stereocenters. The number of carboxylic acid groups (broad SMARTS) is 1. The molecule has 2 rings (SSSR count). The van der Waals surface area contributed by atoms with Crippen LogP contribution in [0.2, 0.25) is 5.02 Å². The van der Waals surface area contributed by atoms with Gasteiger partial charge in [-0.05, 0) is 29.5 Å². The van der Waals surface area contributed by atoms with E-state index in [0.29, 0.717) is 23.7 Å². The Hall–Kier alpha value is -1.46. The Labute approximate surface area is 136 Å². The molecule has 0 saturated carbocycles. The van der Waals surface area contributed by atoms with Crippen molar-refractivity contribution in [3.63, 3.8) is 0 Å². The van der Waals surface area contributed by atoms with Gasteiger partial charge in [-0.1, -0.05) is 32.4 Å². The first-order chi connectivity index (χ1) is 10.2. The zero-order valence-corrected chi connectivity index (χ0v) is 14.2. The number of halogens is 1. The largest absolute Gasteiger partial charge is 0.496 e. The maximum atomic E-state index is 11.9. The van der Waals surface area contributed by atoms with Crippen LogP contribution in [0, 0.1) is 5.41 Å². The number of hydrogen-bond donors (Lipinski definition) is 2. The zero-order chi connectivity index (χ0) is 16.7. The molecule has 0 saturated heterocycles. The summed E-state index contributed by atoms with van der Waals surface area (Å²) >= 11 is 6.37. The summed E-state index contributed by atoms with van der Waals surface area (Å²) in [6.07, 6.45) is -0.428. The van der Waals surface area contributed by atoms with E-state index in [1.807, 2.05) is 20.8 Å². The number of hydrogen-bond acceptors (Lipinski definition) is 3. The van der Waals surface area contributed by atoms with Gasteiger partial charge in [0.15, 0.2) is 0 Å². The second-order valence-corrected chi connectivity index (χ2v) is 7.01. The van der Waals surface area contributed by atoms with Gasteiger partial charge in [0.05, 0.1) is 12.6 Å². The van der Waals surface area contributed by atoms with Crippen LogP contribution in [-0.4, -0.2) is 36.3 Å². The summed E-state index contributed by atoms with van der Waals surface area (Å²) in [4.78, 5) is 13.3. The molecule has 5 nitrogen and oxygen atoms in total. The van der Waals surface area contributed by atoms with Crippen LogP contribution < -0.4 is 10.5 Å². The van der Waals surface area contributed by atoms with Crippen LogP contribution in [0.15, 0.2) is 12.1 Å². The summed E-state index contributed by atoms with van der Waals surface area (Å²) in [6.45, 7) is 6.50. The number of rotatable bonds is 2. The third kappa shape index (κ3) is 2.23. The van der Waals surface area contributed by atoms with Crippen molar-refractivity contribution in [2.24, 2.45) is 11.1 Å². The second-order valence-electron chi connectivity index (χ2n) is 6.60. The number of nitrogens with two attached hydrogens (primary N) is 1. The molecule has 3 N–H and O–H groups in total. The lowest BCUT2D eigenvalue weighted by molar-refractivity contribution is -0.00523. The summed E-state index contributed by atoms with van der Waals surface area (Å²) in [5, 5.41) is 10.4. The number of benzene rings is 1. The minimum atomic E-state index is -0.979. The standard InChI is InChI=1S/C16H23ClN2O3/c1-15(2,3)16(9-18)13-10(7-8-19(16)14(20)21)11(17)5-6-12(13)22-4/h5-6H,7-9,18H2,1-4H3,(H,20,21)/t16-/m1/s1. The van der Waals surface area contributed by atoms with Crippen molar-refractivity contribution < 1.29 is 14.6 Å². The average molecular weight is 327 g/mol. The van der Waals surface area contributed by atoms with Gasteiger partial charge in [0.25, 0.3) is 0 Å². The van der Waals surface area contributed by atoms with Gasteiger partial charge in [0, 0.05) is 23.7 Å². The molecular weight excluding hydrogens is 304 g/mol. The molecule has 1 aromatic rings. The maximum Gasteiger partial charge on any atom is 0.408 e. The molecule has 1 atom stereocenters. The molecule has 6 heteroatoms. The van der Waals surface area contributed by atoms with Gasteiger partial charge in [0.1, 0.15) is 5.75 Å². The Balaban J connectivity index is 2.88. The fourth-order valence-electron chi connectivity index (χ4n) is 3.58. The van der Waals surface area contributed by atoms with Gasteiger partial charge >= 0.3 is 6.09 Å². The van der Waals surface area contributed by atoms with E-state index < -0.39 is 17.0 Å². The van der Waals surface area contributed by atoms with Crippen molar-refractivity contribution in [1.82, 2.24) is 4.90 Å². The molecule has 1 aromatic carbocycles. The molecule has 0 aliphatic carbocycles. The number of ether oxygens (including phenoxy) is 1. The topological polar surface area (TPSA) is 75.8 Å². The zero-order valence-electron chi connectivity index (χ0n) is 13.4. The van der Waals surface area contributed by atoms with Crippen LogP contribution in [0.1, 0.15) is 31.9 Å². The molecule has 0 bridgehead atoms. The van der Waals surface area contributed by atoms with Gasteiger partial charge in [-0.15, -0.1) is 0 Å². The van der Waals surface area contributed by atoms with Crippen molar-refractivity contribution in [2.75, 3.05) is 20.2 Å². The average Bonchev–Trinajstić information content (AvgIpc) is 2.45. The van der Waals surface area contributed by atoms with Gasteiger partial charge < -0.3 is 15.6 Å². The summed E-state index contributed by atoms with van der Waals surface area (Å²) in [5.74, 6) is 0.630. The minimum Gasteiger partial charge on any atom is -0.496 e. The highest BCUT2D eigenvalue weighted by atomic mass is 35.5. The highest BCUT2D eigenvalue weighted by Gasteiger charge is 2.54. The number of carbonyl (C=O) groups is 1. The first-order valence-corrected chi connectivity index (χ1v) is 7.65. The maximum absolute atomic E-state index is 11.9. The van der Waals surface area contributed by atoms with Crippen molar-refractivity contribution >= 4 is 17.7 Å². The molecule has 0 aromatic heterocycles. The molecule has 1 amide bonds. The van der Waals surface area contributed by atoms with Crippen molar-refractivity contribution in [2.45, 2.75) is 32.7 Å². The summed E-state index contributed by atoms with van der Waals surface area (Å²) < 4.78 is 5.51. The van der Waals surface area contributed by atoms with Crippen LogP contribution in [0.25, 0.3) is 0 Å². The second kappa shape index (κ2) is 5.63. The van der Waals surface area contributed by atoms with E-state index in [1.54, 1.807) is 19.2 Å². The predicted molar refractivity (Wildman–Crippen MR) is 86.6 cm³/mol. The highest BCUT2D eigenvalue weighted by Crippen LogP contribution is 2.52. The first-order valence-electron chi connectivity index (χ1n) is 7.27. The first kappa shape index (κ1) is 16.9. The van der Waals surface area contributed by atoms with Gasteiger partial charge in [-0.2, -0.15) is 0 Å². The highest BCUT2D eigenvalue weighted by molar-refractivity contribution is 6.31. The van der Waals surface area contributed by atoms with Gasteiger partial charge in [-0.25, -0.2) is 4.79 Å². The van der Waals surface area contributed by atoms with E-state index in [9.17, 15) is 9.90 Å². The summed E-state index contributed by atoms with van der Waals surface area (Å²) in [5.41, 5.74) is 6.55. The van der Waals surface area contributed by atoms with Gasteiger partial charge in [-0.3, -0.25) is 4.90 Å². The van der Waals surface area contributed by atoms with Crippen molar-refractivity contribution in [3.8, 4) is 5.75 Å². The molecule has 22 heavy (non-hydrogen) atoms. The molecule has 1 aliphatic heterocycles. The smallest absolute Gasteiger partial charge is 0.408 e. The molecular formula is C16H23ClN2O3. The Morgan fingerprint density at radius 3 is 2.59 bits per heavy atom. The van der Waals surface area contributed by atoms with E-state index in [1.165, 1.54) is 4.90 Å². The van der Waals surface area contributed by atoms with Crippen LogP contribution in [0.4, 0.5) is 4.79 Å². The van der Waals surface area contributed by atoms with Crippen LogP contribution >= 0.6 is 11.6 Å². The lowest BCUT2D eigenvalue weighted by Crippen LogP contribution is -2.63. The monoisotopic (exact) mass is 326 g/mol. The Morgan fingerprint density at radius 1 is 1.50 bits per heavy atom. The lowest BCUT2D eigenvalue weighted by atomic mass is 9.64. The summed E-state index contributed by atoms with van der Waals surface area (Å²) in [7, 11) is 1.58. The molecule has 0 spiro atoms. The normalized spacial score (nSPS) is 21.5. The Morgan fingerprint density at radius 2 is 2.14 bits per heavy atom. The van der Waals surface area contributed by atoms with E-state index >= 15 is 0 Å². The number of fused-ring (bicyclic) bond motifs is 1. The van der Waals surface area contributed by atoms with Crippen molar-refractivity contribution in [3.05, 3.63) is 28.3 Å². The van der Waals surface area contributed by atoms with E-state index in [-0.39, 0.29) is 6.54 Å². The number of methoxy groups -OCH3 is 1. The third-order valence-electron chi connectivity index (χ3n) is 4.66. The lowest BCUT2D eigenvalue weighted by Gasteiger charge is -2.54. The minimum absolute atomic E-state index is 0.159. The fourth-order valence-corrected chi connectivity index (χ4v) is 3.83. The molecule has 1 heterocycles. The molecule has 0 fully saturated rings. The Kier molecular flexibility index (Phi) is 4.33. The molecule has 1 aliphatic rings. The van der Waals surface area contributed by atoms with E-state index in [2.05, 4.69) is 0 Å². The predicted octanol–water partition coefficient (Wildman–Crippen LogP) is 3.08. The quantitative estimate of drug-likeness (QED) is 0.875. The third-order valence-corrected chi connectivity index (χ3v) is 5.02. The Bertz CT molecular complexity index is 598. The molecule has 0 radical (unpaired) electrons. The number of nitrogens with zero attached hydrogens (tertiary/aromatic N) is 1. The van der Waals surface area contributed by atoms with Crippen LogP contribution in [0.5, 0.6) is 5.75 Å².